The maximum atomic E-state index is 13.7. The van der Waals surface area contributed by atoms with Gasteiger partial charge in [-0.3, -0.25) is 9.78 Å². The predicted octanol–water partition coefficient (Wildman–Crippen LogP) is 4.79. The predicted molar refractivity (Wildman–Crippen MR) is 89.0 cm³/mol. The van der Waals surface area contributed by atoms with Gasteiger partial charge in [0.1, 0.15) is 11.5 Å². The van der Waals surface area contributed by atoms with Gasteiger partial charge in [-0.25, -0.2) is 4.39 Å². The number of amides is 1. The van der Waals surface area contributed by atoms with Gasteiger partial charge in [0.15, 0.2) is 0 Å². The number of pyridine rings is 1. The summed E-state index contributed by atoms with van der Waals surface area (Å²) in [5.41, 5.74) is 2.00. The van der Waals surface area contributed by atoms with E-state index in [1.807, 2.05) is 0 Å². The molecule has 0 atom stereocenters. The van der Waals surface area contributed by atoms with E-state index < -0.39 is 5.82 Å². The zero-order chi connectivity index (χ0) is 16.2. The Hall–Kier alpha value is -2.72. The fraction of sp³-hybridized carbons (Fsp3) is 0. The summed E-state index contributed by atoms with van der Waals surface area (Å²) in [6.45, 7) is 0. The van der Waals surface area contributed by atoms with E-state index in [4.69, 9.17) is 11.6 Å². The quantitative estimate of drug-likeness (QED) is 0.751. The first-order chi connectivity index (χ1) is 11.1. The number of nitrogens with zero attached hydrogens (tertiary/aromatic N) is 1. The fourth-order valence-corrected chi connectivity index (χ4v) is 2.24. The van der Waals surface area contributed by atoms with Crippen LogP contribution in [0.4, 0.5) is 10.1 Å². The lowest BCUT2D eigenvalue weighted by atomic mass is 10.1. The van der Waals surface area contributed by atoms with Crippen molar-refractivity contribution in [3.05, 3.63) is 83.3 Å². The fourth-order valence-electron chi connectivity index (χ4n) is 2.11. The lowest BCUT2D eigenvalue weighted by molar-refractivity contribution is 0.102. The average molecular weight is 327 g/mol. The summed E-state index contributed by atoms with van der Waals surface area (Å²) >= 11 is 5.80. The Kier molecular flexibility index (Phi) is 4.35. The van der Waals surface area contributed by atoms with Crippen LogP contribution in [0.3, 0.4) is 0 Å². The molecule has 0 fully saturated rings. The number of aromatic nitrogens is 1. The maximum Gasteiger partial charge on any atom is 0.255 e. The van der Waals surface area contributed by atoms with Crippen LogP contribution in [-0.4, -0.2) is 10.9 Å². The van der Waals surface area contributed by atoms with E-state index in [0.717, 1.165) is 0 Å². The number of benzene rings is 2. The molecule has 1 amide bonds. The van der Waals surface area contributed by atoms with Crippen LogP contribution in [0.2, 0.25) is 5.02 Å². The number of rotatable bonds is 3. The highest BCUT2D eigenvalue weighted by Crippen LogP contribution is 2.21. The highest BCUT2D eigenvalue weighted by atomic mass is 35.5. The van der Waals surface area contributed by atoms with Crippen LogP contribution in [0.5, 0.6) is 0 Å². The first-order valence-electron chi connectivity index (χ1n) is 6.91. The van der Waals surface area contributed by atoms with Crippen LogP contribution in [0.15, 0.2) is 66.9 Å². The highest BCUT2D eigenvalue weighted by Gasteiger charge is 2.09. The molecule has 0 bridgehead atoms. The summed E-state index contributed by atoms with van der Waals surface area (Å²) in [6, 6.07) is 16.3. The topological polar surface area (TPSA) is 42.0 Å². The van der Waals surface area contributed by atoms with Crippen LogP contribution in [0.25, 0.3) is 11.3 Å². The number of anilines is 1. The Balaban J connectivity index is 1.78. The summed E-state index contributed by atoms with van der Waals surface area (Å²) in [5, 5.41) is 3.37. The van der Waals surface area contributed by atoms with Crippen LogP contribution < -0.4 is 5.32 Å². The van der Waals surface area contributed by atoms with Gasteiger partial charge in [-0.15, -0.1) is 0 Å². The molecule has 5 heteroatoms. The van der Waals surface area contributed by atoms with Crippen LogP contribution in [-0.2, 0) is 0 Å². The molecule has 0 saturated carbocycles. The van der Waals surface area contributed by atoms with Crippen molar-refractivity contribution in [1.82, 2.24) is 4.98 Å². The van der Waals surface area contributed by atoms with Gasteiger partial charge in [0, 0.05) is 28.0 Å². The first kappa shape index (κ1) is 15.2. The Labute approximate surface area is 137 Å². The van der Waals surface area contributed by atoms with Crippen LogP contribution in [0, 0.1) is 5.82 Å². The number of carbonyl (C=O) groups excluding carboxylic acids is 1. The van der Waals surface area contributed by atoms with E-state index in [0.29, 0.717) is 21.8 Å². The molecule has 1 aromatic heterocycles. The van der Waals surface area contributed by atoms with Crippen molar-refractivity contribution >= 4 is 23.2 Å². The van der Waals surface area contributed by atoms with Crippen molar-refractivity contribution in [2.24, 2.45) is 0 Å². The second-order valence-corrected chi connectivity index (χ2v) is 5.31. The van der Waals surface area contributed by atoms with E-state index in [1.54, 1.807) is 48.5 Å². The molecule has 114 valence electrons. The number of nitrogens with one attached hydrogen (secondary N) is 1. The lowest BCUT2D eigenvalue weighted by Gasteiger charge is -2.07. The third kappa shape index (κ3) is 3.55. The van der Waals surface area contributed by atoms with E-state index in [1.165, 1.54) is 18.3 Å². The van der Waals surface area contributed by atoms with Gasteiger partial charge in [-0.05, 0) is 48.5 Å². The smallest absolute Gasteiger partial charge is 0.255 e. The molecule has 1 N–H and O–H groups in total. The van der Waals surface area contributed by atoms with Gasteiger partial charge in [-0.2, -0.15) is 0 Å². The molecule has 0 saturated heterocycles. The third-order valence-electron chi connectivity index (χ3n) is 3.28. The van der Waals surface area contributed by atoms with Gasteiger partial charge >= 0.3 is 0 Å². The third-order valence-corrected chi connectivity index (χ3v) is 3.53. The first-order valence-corrected chi connectivity index (χ1v) is 7.29. The molecule has 3 rings (SSSR count). The lowest BCUT2D eigenvalue weighted by Crippen LogP contribution is -2.11. The van der Waals surface area contributed by atoms with Gasteiger partial charge in [0.25, 0.3) is 5.91 Å². The molecule has 3 aromatic rings. The number of halogens is 2. The van der Waals surface area contributed by atoms with Crippen molar-refractivity contribution in [1.29, 1.82) is 0 Å². The monoisotopic (exact) mass is 326 g/mol. The van der Waals surface area contributed by atoms with Crippen molar-refractivity contribution in [3.8, 4) is 11.3 Å². The van der Waals surface area contributed by atoms with E-state index >= 15 is 0 Å². The van der Waals surface area contributed by atoms with Crippen molar-refractivity contribution in [2.75, 3.05) is 5.32 Å². The van der Waals surface area contributed by atoms with Crippen molar-refractivity contribution in [2.45, 2.75) is 0 Å². The van der Waals surface area contributed by atoms with E-state index in [9.17, 15) is 9.18 Å². The van der Waals surface area contributed by atoms with Crippen LogP contribution >= 0.6 is 11.6 Å². The summed E-state index contributed by atoms with van der Waals surface area (Å²) in [7, 11) is 0. The molecule has 23 heavy (non-hydrogen) atoms. The molecule has 2 aromatic carbocycles. The SMILES string of the molecule is O=C(Nc1ccc(Cl)cc1)c1ccc(-c2ncccc2F)cc1. The molecule has 3 nitrogen and oxygen atoms in total. The molecule has 0 aliphatic carbocycles. The minimum absolute atomic E-state index is 0.250. The maximum absolute atomic E-state index is 13.7. The Morgan fingerprint density at radius 2 is 1.70 bits per heavy atom. The van der Waals surface area contributed by atoms with Gasteiger partial charge in [-0.1, -0.05) is 23.7 Å². The summed E-state index contributed by atoms with van der Waals surface area (Å²) in [5.74, 6) is -0.647. The summed E-state index contributed by atoms with van der Waals surface area (Å²) in [4.78, 5) is 16.2. The second-order valence-electron chi connectivity index (χ2n) is 4.87. The Morgan fingerprint density at radius 1 is 1.00 bits per heavy atom. The summed E-state index contributed by atoms with van der Waals surface area (Å²) in [6.07, 6.45) is 1.53. The van der Waals surface area contributed by atoms with Crippen molar-refractivity contribution in [3.63, 3.8) is 0 Å². The molecule has 0 radical (unpaired) electrons. The molecule has 0 unspecified atom stereocenters. The number of hydrogen-bond acceptors (Lipinski definition) is 2. The van der Waals surface area contributed by atoms with Gasteiger partial charge in [0.05, 0.1) is 0 Å². The molecular weight excluding hydrogens is 315 g/mol. The number of carbonyl (C=O) groups is 1. The zero-order valence-electron chi connectivity index (χ0n) is 12.0. The minimum atomic E-state index is -0.397. The van der Waals surface area contributed by atoms with E-state index in [-0.39, 0.29) is 11.6 Å². The molecular formula is C18H12ClFN2O. The summed E-state index contributed by atoms with van der Waals surface area (Å²) < 4.78 is 13.7. The van der Waals surface area contributed by atoms with Crippen molar-refractivity contribution < 1.29 is 9.18 Å². The zero-order valence-corrected chi connectivity index (χ0v) is 12.7. The standard InChI is InChI=1S/C18H12ClFN2O/c19-14-7-9-15(10-8-14)22-18(23)13-5-3-12(4-6-13)17-16(20)2-1-11-21-17/h1-11H,(H,22,23). The van der Waals surface area contributed by atoms with Gasteiger partial charge < -0.3 is 5.32 Å². The molecule has 0 aliphatic rings. The Bertz CT molecular complexity index is 832. The Morgan fingerprint density at radius 3 is 2.35 bits per heavy atom. The van der Waals surface area contributed by atoms with Gasteiger partial charge in [0.2, 0.25) is 0 Å². The average Bonchev–Trinajstić information content (AvgIpc) is 2.57. The molecule has 0 aliphatic heterocycles. The van der Waals surface area contributed by atoms with E-state index in [2.05, 4.69) is 10.3 Å². The molecule has 0 spiro atoms. The highest BCUT2D eigenvalue weighted by molar-refractivity contribution is 6.30. The van der Waals surface area contributed by atoms with Crippen LogP contribution in [0.1, 0.15) is 10.4 Å². The number of hydrogen-bond donors (Lipinski definition) is 1. The molecule has 1 heterocycles. The normalized spacial score (nSPS) is 10.3. The second kappa shape index (κ2) is 6.58. The minimum Gasteiger partial charge on any atom is -0.322 e. The largest absolute Gasteiger partial charge is 0.322 e.